The van der Waals surface area contributed by atoms with E-state index in [1.165, 1.54) is 24.2 Å². The third kappa shape index (κ3) is 3.19. The van der Waals surface area contributed by atoms with Crippen LogP contribution in [0.4, 0.5) is 0 Å². The summed E-state index contributed by atoms with van der Waals surface area (Å²) in [6.07, 6.45) is 2.49. The van der Waals surface area contributed by atoms with Crippen LogP contribution in [-0.4, -0.2) is 54.2 Å². The van der Waals surface area contributed by atoms with E-state index in [1.807, 2.05) is 22.9 Å². The Hall–Kier alpha value is -1.28. The lowest BCUT2D eigenvalue weighted by Crippen LogP contribution is -2.50. The zero-order valence-electron chi connectivity index (χ0n) is 12.7. The summed E-state index contributed by atoms with van der Waals surface area (Å²) in [4.78, 5) is 20.5. The predicted octanol–water partition coefficient (Wildman–Crippen LogP) is 2.46. The van der Waals surface area contributed by atoms with Gasteiger partial charge in [0.05, 0.1) is 30.2 Å². The number of thiazole rings is 1. The van der Waals surface area contributed by atoms with Crippen molar-refractivity contribution in [2.45, 2.75) is 24.9 Å². The van der Waals surface area contributed by atoms with Gasteiger partial charge in [-0.25, -0.2) is 4.98 Å². The third-order valence-corrected chi connectivity index (χ3v) is 6.33. The second-order valence-electron chi connectivity index (χ2n) is 5.94. The van der Waals surface area contributed by atoms with Crippen LogP contribution >= 0.6 is 22.7 Å². The molecule has 2 aromatic heterocycles. The highest BCUT2D eigenvalue weighted by Gasteiger charge is 2.35. The number of nitrogens with one attached hydrogen (secondary N) is 1. The molecule has 0 radical (unpaired) electrons. The molecule has 5 nitrogen and oxygen atoms in total. The van der Waals surface area contributed by atoms with Crippen molar-refractivity contribution in [3.8, 4) is 9.88 Å². The van der Waals surface area contributed by atoms with E-state index in [0.717, 1.165) is 23.0 Å². The number of hydrogen-bond donors (Lipinski definition) is 1. The number of carbonyl (C=O) groups excluding carboxylic acids is 1. The molecule has 1 amide bonds. The first-order chi connectivity index (χ1) is 11.3. The van der Waals surface area contributed by atoms with Crippen LogP contribution in [0.5, 0.6) is 0 Å². The number of hydrogen-bond acceptors (Lipinski definition) is 6. The summed E-state index contributed by atoms with van der Waals surface area (Å²) in [7, 11) is 0. The molecule has 0 aromatic carbocycles. The monoisotopic (exact) mass is 349 g/mol. The molecule has 4 heterocycles. The molecular weight excluding hydrogens is 330 g/mol. The number of rotatable bonds is 4. The van der Waals surface area contributed by atoms with Gasteiger partial charge in [0.25, 0.3) is 5.91 Å². The molecule has 0 spiro atoms. The molecule has 2 aromatic rings. The predicted molar refractivity (Wildman–Crippen MR) is 92.1 cm³/mol. The Bertz CT molecular complexity index is 665. The van der Waals surface area contributed by atoms with Crippen LogP contribution in [-0.2, 0) is 4.74 Å². The van der Waals surface area contributed by atoms with E-state index in [-0.39, 0.29) is 11.9 Å². The van der Waals surface area contributed by atoms with Gasteiger partial charge in [0.1, 0.15) is 10.7 Å². The third-order valence-electron chi connectivity index (χ3n) is 4.45. The quantitative estimate of drug-likeness (QED) is 0.921. The summed E-state index contributed by atoms with van der Waals surface area (Å²) in [5, 5.41) is 7.89. The van der Waals surface area contributed by atoms with Gasteiger partial charge >= 0.3 is 0 Å². The van der Waals surface area contributed by atoms with Crippen molar-refractivity contribution >= 4 is 28.6 Å². The first-order valence-corrected chi connectivity index (χ1v) is 9.69. The Kier molecular flexibility index (Phi) is 4.43. The van der Waals surface area contributed by atoms with Crippen molar-refractivity contribution < 1.29 is 9.53 Å². The number of likely N-dealkylation sites (tertiary alicyclic amines) is 1. The Morgan fingerprint density at radius 3 is 2.96 bits per heavy atom. The minimum absolute atomic E-state index is 0.0625. The molecule has 7 heteroatoms. The van der Waals surface area contributed by atoms with Crippen molar-refractivity contribution in [1.82, 2.24) is 15.2 Å². The Morgan fingerprint density at radius 2 is 2.17 bits per heavy atom. The maximum absolute atomic E-state index is 12.5. The van der Waals surface area contributed by atoms with Gasteiger partial charge in [-0.2, -0.15) is 0 Å². The summed E-state index contributed by atoms with van der Waals surface area (Å²) in [6, 6.07) is 4.39. The molecule has 0 unspecified atom stereocenters. The standard InChI is InChI=1S/C16H19N3O2S2/c20-15(12-10-23-16(18-12)14-4-3-7-22-14)17-11-8-21-9-13(11)19-5-1-2-6-19/h3-4,7,10-11,13H,1-2,5-6,8-9H2,(H,17,20)/t11-,13-/m0/s1. The Labute approximate surface area is 143 Å². The number of aromatic nitrogens is 1. The van der Waals surface area contributed by atoms with Gasteiger partial charge < -0.3 is 10.1 Å². The number of ether oxygens (including phenoxy) is 1. The van der Waals surface area contributed by atoms with E-state index in [9.17, 15) is 4.79 Å². The molecule has 1 N–H and O–H groups in total. The van der Waals surface area contributed by atoms with E-state index < -0.39 is 0 Å². The smallest absolute Gasteiger partial charge is 0.271 e. The van der Waals surface area contributed by atoms with E-state index >= 15 is 0 Å². The van der Waals surface area contributed by atoms with Crippen LogP contribution in [0.15, 0.2) is 22.9 Å². The fraction of sp³-hybridized carbons (Fsp3) is 0.500. The molecule has 122 valence electrons. The van der Waals surface area contributed by atoms with Gasteiger partial charge in [0.2, 0.25) is 0 Å². The molecule has 2 atom stereocenters. The van der Waals surface area contributed by atoms with Crippen LogP contribution in [0, 0.1) is 0 Å². The Balaban J connectivity index is 1.43. The maximum atomic E-state index is 12.5. The zero-order valence-corrected chi connectivity index (χ0v) is 14.4. The maximum Gasteiger partial charge on any atom is 0.271 e. The van der Waals surface area contributed by atoms with Gasteiger partial charge in [0, 0.05) is 5.38 Å². The average Bonchev–Trinajstić information content (AvgIpc) is 3.31. The van der Waals surface area contributed by atoms with Crippen LogP contribution < -0.4 is 5.32 Å². The van der Waals surface area contributed by atoms with Crippen LogP contribution in [0.2, 0.25) is 0 Å². The van der Waals surface area contributed by atoms with Crippen LogP contribution in [0.25, 0.3) is 9.88 Å². The van der Waals surface area contributed by atoms with E-state index in [4.69, 9.17) is 4.74 Å². The van der Waals surface area contributed by atoms with Crippen LogP contribution in [0.3, 0.4) is 0 Å². The number of thiophene rings is 1. The molecule has 2 aliphatic rings. The van der Waals surface area contributed by atoms with Crippen molar-refractivity contribution in [2.24, 2.45) is 0 Å². The molecule has 0 saturated carbocycles. The molecule has 23 heavy (non-hydrogen) atoms. The van der Waals surface area contributed by atoms with Gasteiger partial charge in [0.15, 0.2) is 0 Å². The molecule has 2 aliphatic heterocycles. The lowest BCUT2D eigenvalue weighted by Gasteiger charge is -2.27. The fourth-order valence-electron chi connectivity index (χ4n) is 3.25. The minimum atomic E-state index is -0.0937. The van der Waals surface area contributed by atoms with Crippen molar-refractivity contribution in [1.29, 1.82) is 0 Å². The lowest BCUT2D eigenvalue weighted by molar-refractivity contribution is 0.0912. The van der Waals surface area contributed by atoms with Gasteiger partial charge in [-0.15, -0.1) is 22.7 Å². The summed E-state index contributed by atoms with van der Waals surface area (Å²) in [5.41, 5.74) is 0.505. The fourth-order valence-corrected chi connectivity index (χ4v) is 4.86. The van der Waals surface area contributed by atoms with E-state index in [2.05, 4.69) is 15.2 Å². The van der Waals surface area contributed by atoms with Gasteiger partial charge in [-0.05, 0) is 37.4 Å². The summed E-state index contributed by atoms with van der Waals surface area (Å²) < 4.78 is 5.61. The molecule has 2 fully saturated rings. The summed E-state index contributed by atoms with van der Waals surface area (Å²) in [6.45, 7) is 3.52. The second-order valence-corrected chi connectivity index (χ2v) is 7.75. The van der Waals surface area contributed by atoms with Crippen LogP contribution in [0.1, 0.15) is 23.3 Å². The first kappa shape index (κ1) is 15.3. The highest BCUT2D eigenvalue weighted by Crippen LogP contribution is 2.28. The number of nitrogens with zero attached hydrogens (tertiary/aromatic N) is 2. The highest BCUT2D eigenvalue weighted by molar-refractivity contribution is 7.20. The summed E-state index contributed by atoms with van der Waals surface area (Å²) >= 11 is 3.16. The molecule has 2 saturated heterocycles. The normalized spacial score (nSPS) is 25.0. The Morgan fingerprint density at radius 1 is 1.30 bits per heavy atom. The van der Waals surface area contributed by atoms with E-state index in [0.29, 0.717) is 24.9 Å². The average molecular weight is 349 g/mol. The van der Waals surface area contributed by atoms with Gasteiger partial charge in [-0.3, -0.25) is 9.69 Å². The first-order valence-electron chi connectivity index (χ1n) is 7.93. The largest absolute Gasteiger partial charge is 0.378 e. The molecular formula is C16H19N3O2S2. The number of carbonyl (C=O) groups is 1. The SMILES string of the molecule is O=C(N[C@H]1COC[C@@H]1N1CCCC1)c1csc(-c2cccs2)n1. The molecule has 0 bridgehead atoms. The lowest BCUT2D eigenvalue weighted by atomic mass is 10.1. The summed E-state index contributed by atoms with van der Waals surface area (Å²) in [5.74, 6) is -0.0937. The molecule has 0 aliphatic carbocycles. The molecule has 4 rings (SSSR count). The topological polar surface area (TPSA) is 54.5 Å². The highest BCUT2D eigenvalue weighted by atomic mass is 32.1. The van der Waals surface area contributed by atoms with Gasteiger partial charge in [-0.1, -0.05) is 6.07 Å². The van der Waals surface area contributed by atoms with Crippen molar-refractivity contribution in [3.05, 3.63) is 28.6 Å². The zero-order chi connectivity index (χ0) is 15.6. The van der Waals surface area contributed by atoms with Crippen molar-refractivity contribution in [3.63, 3.8) is 0 Å². The minimum Gasteiger partial charge on any atom is -0.378 e. The second kappa shape index (κ2) is 6.68. The number of amides is 1. The van der Waals surface area contributed by atoms with E-state index in [1.54, 1.807) is 11.3 Å². The van der Waals surface area contributed by atoms with Crippen molar-refractivity contribution in [2.75, 3.05) is 26.3 Å².